The van der Waals surface area contributed by atoms with Crippen molar-refractivity contribution in [3.8, 4) is 5.75 Å². The molecule has 0 saturated carbocycles. The largest absolute Gasteiger partial charge is 0.507 e. The van der Waals surface area contributed by atoms with E-state index in [1.165, 1.54) is 0 Å². The first-order chi connectivity index (χ1) is 12.5. The highest BCUT2D eigenvalue weighted by Gasteiger charge is 2.20. The lowest BCUT2D eigenvalue weighted by atomic mass is 9.85. The van der Waals surface area contributed by atoms with Crippen molar-refractivity contribution in [2.24, 2.45) is 9.98 Å². The van der Waals surface area contributed by atoms with Gasteiger partial charge in [-0.25, -0.2) is 9.59 Å². The van der Waals surface area contributed by atoms with Crippen molar-refractivity contribution in [1.29, 1.82) is 0 Å². The zero-order chi connectivity index (χ0) is 20.8. The quantitative estimate of drug-likeness (QED) is 0.408. The van der Waals surface area contributed by atoms with Crippen molar-refractivity contribution in [3.63, 3.8) is 0 Å². The van der Waals surface area contributed by atoms with Gasteiger partial charge in [-0.2, -0.15) is 0 Å². The molecule has 0 heterocycles. The molecular weight excluding hydrogens is 356 g/mol. The summed E-state index contributed by atoms with van der Waals surface area (Å²) >= 11 is 0. The predicted molar refractivity (Wildman–Crippen MR) is 99.0 cm³/mol. The van der Waals surface area contributed by atoms with E-state index in [1.807, 2.05) is 20.8 Å². The number of rotatable bonds is 8. The van der Waals surface area contributed by atoms with Gasteiger partial charge in [0.05, 0.1) is 13.2 Å². The number of nitrogens with zero attached hydrogens (tertiary/aromatic N) is 2. The van der Waals surface area contributed by atoms with Gasteiger partial charge in [0.15, 0.2) is 12.1 Å². The molecule has 0 saturated heterocycles. The molecule has 0 aliphatic rings. The summed E-state index contributed by atoms with van der Waals surface area (Å²) in [6, 6.07) is 0.497. The first-order valence-corrected chi connectivity index (χ1v) is 8.12. The number of carboxylic acids is 2. The van der Waals surface area contributed by atoms with Crippen LogP contribution in [0.4, 0.5) is 0 Å². The van der Waals surface area contributed by atoms with E-state index in [1.54, 1.807) is 12.1 Å². The van der Waals surface area contributed by atoms with Gasteiger partial charge >= 0.3 is 11.9 Å². The van der Waals surface area contributed by atoms with E-state index in [-0.39, 0.29) is 22.3 Å². The smallest absolute Gasteiger partial charge is 0.330 e. The Morgan fingerprint density at radius 1 is 0.963 bits per heavy atom. The number of aliphatic hydroxyl groups is 2. The van der Waals surface area contributed by atoms with Crippen LogP contribution in [-0.4, -0.2) is 75.2 Å². The van der Waals surface area contributed by atoms with E-state index in [0.717, 1.165) is 18.0 Å². The molecule has 148 valence electrons. The van der Waals surface area contributed by atoms with Gasteiger partial charge in [0, 0.05) is 23.6 Å². The summed E-state index contributed by atoms with van der Waals surface area (Å²) in [5.41, 5.74) is 0.805. The molecule has 0 aromatic heterocycles. The average molecular weight is 380 g/mol. The maximum atomic E-state index is 11.0. The van der Waals surface area contributed by atoms with Gasteiger partial charge in [-0.3, -0.25) is 9.98 Å². The number of aliphatic hydroxyl groups excluding tert-OH is 2. The molecule has 0 unspecified atom stereocenters. The normalized spacial score (nSPS) is 14.6. The molecule has 1 aromatic rings. The first-order valence-electron chi connectivity index (χ1n) is 8.12. The molecule has 1 aromatic carbocycles. The van der Waals surface area contributed by atoms with Crippen LogP contribution in [0.3, 0.4) is 0 Å². The second-order valence-corrected chi connectivity index (χ2v) is 6.88. The molecule has 2 atom stereocenters. The summed E-state index contributed by atoms with van der Waals surface area (Å²) in [5, 5.41) is 46.4. The first kappa shape index (κ1) is 22.3. The highest BCUT2D eigenvalue weighted by molar-refractivity contribution is 5.94. The van der Waals surface area contributed by atoms with Crippen LogP contribution in [0, 0.1) is 0 Å². The summed E-state index contributed by atoms with van der Waals surface area (Å²) in [6.07, 6.45) is 2.27. The summed E-state index contributed by atoms with van der Waals surface area (Å²) in [6.45, 7) is 4.36. The van der Waals surface area contributed by atoms with Crippen LogP contribution >= 0.6 is 0 Å². The molecule has 1 rings (SSSR count). The number of phenolic OH excluding ortho intramolecular Hbond substituents is 1. The van der Waals surface area contributed by atoms with Gasteiger partial charge < -0.3 is 25.5 Å². The molecule has 27 heavy (non-hydrogen) atoms. The van der Waals surface area contributed by atoms with Crippen LogP contribution in [0.2, 0.25) is 0 Å². The monoisotopic (exact) mass is 380 g/mol. The molecule has 0 aliphatic carbocycles. The molecule has 5 N–H and O–H groups in total. The van der Waals surface area contributed by atoms with Crippen LogP contribution in [0.25, 0.3) is 0 Å². The molecule has 0 aliphatic heterocycles. The minimum atomic E-state index is -1.37. The lowest BCUT2D eigenvalue weighted by molar-refractivity contribution is -0.140. The molecule has 0 fully saturated rings. The molecule has 9 nitrogen and oxygen atoms in total. The fourth-order valence-electron chi connectivity index (χ4n) is 2.03. The van der Waals surface area contributed by atoms with Crippen LogP contribution in [-0.2, 0) is 15.0 Å². The van der Waals surface area contributed by atoms with Crippen molar-refractivity contribution in [1.82, 2.24) is 0 Å². The van der Waals surface area contributed by atoms with Crippen molar-refractivity contribution >= 4 is 24.4 Å². The SMILES string of the molecule is CC(C)(C)c1cc(C=N[C@@H](CO)C(=O)O)c(O)c(C=N[C@@H](CO)C(=O)O)c1. The lowest BCUT2D eigenvalue weighted by Crippen LogP contribution is -2.22. The standard InChI is InChI=1S/C18H24N2O7/c1-18(2,3)12-4-10(6-19-13(8-21)16(24)25)15(23)11(5-12)7-20-14(9-22)17(26)27/h4-7,13-14,21-23H,8-9H2,1-3H3,(H,24,25)(H,26,27)/t13-,14-/m0/s1. The number of phenols is 1. The van der Waals surface area contributed by atoms with E-state index < -0.39 is 37.2 Å². The molecule has 0 spiro atoms. The summed E-state index contributed by atoms with van der Waals surface area (Å²) in [4.78, 5) is 29.5. The maximum absolute atomic E-state index is 11.0. The Hall–Kier alpha value is -2.78. The van der Waals surface area contributed by atoms with E-state index in [0.29, 0.717) is 0 Å². The van der Waals surface area contributed by atoms with Gasteiger partial charge in [-0.1, -0.05) is 20.8 Å². The Morgan fingerprint density at radius 3 is 1.59 bits per heavy atom. The highest BCUT2D eigenvalue weighted by Crippen LogP contribution is 2.29. The third-order valence-electron chi connectivity index (χ3n) is 3.74. The number of benzene rings is 1. The van der Waals surface area contributed by atoms with Crippen molar-refractivity contribution in [2.75, 3.05) is 13.2 Å². The van der Waals surface area contributed by atoms with Crippen molar-refractivity contribution < 1.29 is 35.1 Å². The third-order valence-corrected chi connectivity index (χ3v) is 3.74. The minimum absolute atomic E-state index is 0.194. The van der Waals surface area contributed by atoms with Crippen molar-refractivity contribution in [3.05, 3.63) is 28.8 Å². The van der Waals surface area contributed by atoms with Gasteiger partial charge in [-0.15, -0.1) is 0 Å². The fourth-order valence-corrected chi connectivity index (χ4v) is 2.03. The Kier molecular flexibility index (Phi) is 7.62. The van der Waals surface area contributed by atoms with Crippen LogP contribution in [0.5, 0.6) is 5.75 Å². The fraction of sp³-hybridized carbons (Fsp3) is 0.444. The van der Waals surface area contributed by atoms with E-state index in [4.69, 9.17) is 20.4 Å². The number of aliphatic carboxylic acids is 2. The van der Waals surface area contributed by atoms with Gasteiger partial charge in [0.25, 0.3) is 0 Å². The number of hydrogen-bond donors (Lipinski definition) is 5. The van der Waals surface area contributed by atoms with Gasteiger partial charge in [0.1, 0.15) is 5.75 Å². The number of carbonyl (C=O) groups is 2. The van der Waals surface area contributed by atoms with Crippen LogP contribution in [0.15, 0.2) is 22.1 Å². The number of hydrogen-bond acceptors (Lipinski definition) is 7. The van der Waals surface area contributed by atoms with Crippen molar-refractivity contribution in [2.45, 2.75) is 38.3 Å². The molecule has 0 radical (unpaired) electrons. The Labute approximate surface area is 156 Å². The number of carboxylic acid groups (broad SMARTS) is 2. The summed E-state index contributed by atoms with van der Waals surface area (Å²) in [7, 11) is 0. The minimum Gasteiger partial charge on any atom is -0.507 e. The van der Waals surface area contributed by atoms with E-state index in [2.05, 4.69) is 9.98 Å². The summed E-state index contributed by atoms with van der Waals surface area (Å²) < 4.78 is 0. The Bertz CT molecular complexity index is 698. The lowest BCUT2D eigenvalue weighted by Gasteiger charge is -2.21. The second kappa shape index (κ2) is 9.24. The molecule has 0 bridgehead atoms. The predicted octanol–water partition coefficient (Wildman–Crippen LogP) is 0.418. The molecular formula is C18H24N2O7. The molecule has 9 heteroatoms. The van der Waals surface area contributed by atoms with Gasteiger partial charge in [-0.05, 0) is 23.1 Å². The molecule has 0 amide bonds. The van der Waals surface area contributed by atoms with Crippen LogP contribution < -0.4 is 0 Å². The average Bonchev–Trinajstić information content (AvgIpc) is 2.56. The van der Waals surface area contributed by atoms with E-state index >= 15 is 0 Å². The highest BCUT2D eigenvalue weighted by atomic mass is 16.4. The third kappa shape index (κ3) is 6.15. The zero-order valence-electron chi connectivity index (χ0n) is 15.3. The van der Waals surface area contributed by atoms with Gasteiger partial charge in [0.2, 0.25) is 0 Å². The summed E-state index contributed by atoms with van der Waals surface area (Å²) in [5.74, 6) is -2.90. The zero-order valence-corrected chi connectivity index (χ0v) is 15.3. The maximum Gasteiger partial charge on any atom is 0.330 e. The van der Waals surface area contributed by atoms with E-state index in [9.17, 15) is 14.7 Å². The Balaban J connectivity index is 3.43. The number of aromatic hydroxyl groups is 1. The second-order valence-electron chi connectivity index (χ2n) is 6.88. The van der Waals surface area contributed by atoms with Crippen LogP contribution in [0.1, 0.15) is 37.5 Å². The topological polar surface area (TPSA) is 160 Å². The number of aliphatic imine (C=N–C) groups is 2. The Morgan fingerprint density at radius 2 is 1.33 bits per heavy atom.